The van der Waals surface area contributed by atoms with E-state index in [2.05, 4.69) is 15.5 Å². The molecule has 0 radical (unpaired) electrons. The summed E-state index contributed by atoms with van der Waals surface area (Å²) >= 11 is 8.59. The summed E-state index contributed by atoms with van der Waals surface area (Å²) in [6.07, 6.45) is 0.615. The predicted octanol–water partition coefficient (Wildman–Crippen LogP) is 4.65. The van der Waals surface area contributed by atoms with E-state index < -0.39 is 5.97 Å². The largest absolute Gasteiger partial charge is 0.462 e. The molecule has 1 aromatic carbocycles. The Labute approximate surface area is 194 Å². The number of amides is 1. The summed E-state index contributed by atoms with van der Waals surface area (Å²) in [6.45, 7) is 5.80. The van der Waals surface area contributed by atoms with Crippen molar-refractivity contribution >= 4 is 51.6 Å². The minimum atomic E-state index is -0.424. The second-order valence-corrected chi connectivity index (χ2v) is 9.41. The van der Waals surface area contributed by atoms with Gasteiger partial charge < -0.3 is 14.6 Å². The molecule has 0 fully saturated rings. The Kier molecular flexibility index (Phi) is 7.74. The standard InChI is InChI=1S/C21H23ClN4O3S2/c1-5-29-20(28)18-12(2)13(3)31-19(18)23-17(27)11-30-21-25-24-16(26(21)4)10-14-6-8-15(22)9-7-14/h6-9H,5,10-11H2,1-4H3,(H,23,27). The van der Waals surface area contributed by atoms with Crippen molar-refractivity contribution in [1.82, 2.24) is 14.8 Å². The van der Waals surface area contributed by atoms with E-state index in [9.17, 15) is 9.59 Å². The minimum absolute atomic E-state index is 0.144. The van der Waals surface area contributed by atoms with Crippen molar-refractivity contribution in [2.24, 2.45) is 7.05 Å². The lowest BCUT2D eigenvalue weighted by Gasteiger charge is -2.07. The fourth-order valence-corrected chi connectivity index (χ4v) is 4.79. The van der Waals surface area contributed by atoms with Crippen LogP contribution in [0.5, 0.6) is 0 Å². The molecule has 1 amide bonds. The number of ether oxygens (including phenoxy) is 1. The van der Waals surface area contributed by atoms with Crippen molar-refractivity contribution in [2.75, 3.05) is 17.7 Å². The molecule has 1 N–H and O–H groups in total. The fraction of sp³-hybridized carbons (Fsp3) is 0.333. The number of nitrogens with zero attached hydrogens (tertiary/aromatic N) is 3. The van der Waals surface area contributed by atoms with Crippen LogP contribution < -0.4 is 5.32 Å². The van der Waals surface area contributed by atoms with Crippen molar-refractivity contribution in [1.29, 1.82) is 0 Å². The third-order valence-electron chi connectivity index (χ3n) is 4.65. The van der Waals surface area contributed by atoms with Crippen LogP contribution in [0.3, 0.4) is 0 Å². The quantitative estimate of drug-likeness (QED) is 0.374. The molecule has 31 heavy (non-hydrogen) atoms. The summed E-state index contributed by atoms with van der Waals surface area (Å²) in [5.41, 5.74) is 2.32. The molecule has 3 aromatic rings. The van der Waals surface area contributed by atoms with Crippen LogP contribution in [-0.2, 0) is 23.0 Å². The van der Waals surface area contributed by atoms with Crippen molar-refractivity contribution in [3.05, 3.63) is 56.7 Å². The number of rotatable bonds is 8. The van der Waals surface area contributed by atoms with Gasteiger partial charge in [-0.05, 0) is 44.0 Å². The zero-order valence-electron chi connectivity index (χ0n) is 17.7. The van der Waals surface area contributed by atoms with Crippen LogP contribution in [0.25, 0.3) is 0 Å². The molecule has 3 rings (SSSR count). The van der Waals surface area contributed by atoms with Gasteiger partial charge in [-0.15, -0.1) is 21.5 Å². The SMILES string of the molecule is CCOC(=O)c1c(NC(=O)CSc2nnc(Cc3ccc(Cl)cc3)n2C)sc(C)c1C. The van der Waals surface area contributed by atoms with E-state index in [1.54, 1.807) is 6.92 Å². The molecule has 0 aliphatic rings. The lowest BCUT2D eigenvalue weighted by molar-refractivity contribution is -0.113. The average Bonchev–Trinajstić information content (AvgIpc) is 3.21. The van der Waals surface area contributed by atoms with Crippen LogP contribution in [0.4, 0.5) is 5.00 Å². The summed E-state index contributed by atoms with van der Waals surface area (Å²) in [6, 6.07) is 7.57. The van der Waals surface area contributed by atoms with E-state index in [0.29, 0.717) is 27.2 Å². The molecule has 7 nitrogen and oxygen atoms in total. The molecule has 2 aromatic heterocycles. The molecule has 2 heterocycles. The second-order valence-electron chi connectivity index (χ2n) is 6.81. The Morgan fingerprint density at radius 2 is 1.94 bits per heavy atom. The van der Waals surface area contributed by atoms with Gasteiger partial charge in [0, 0.05) is 23.4 Å². The number of hydrogen-bond acceptors (Lipinski definition) is 7. The third-order valence-corrected chi connectivity index (χ3v) is 7.05. The molecule has 0 unspecified atom stereocenters. The Balaban J connectivity index is 1.63. The van der Waals surface area contributed by atoms with Gasteiger partial charge in [0.1, 0.15) is 10.8 Å². The number of halogens is 1. The number of aromatic nitrogens is 3. The van der Waals surface area contributed by atoms with Gasteiger partial charge in [-0.2, -0.15) is 0 Å². The Bertz CT molecular complexity index is 1090. The van der Waals surface area contributed by atoms with E-state index in [0.717, 1.165) is 21.8 Å². The topological polar surface area (TPSA) is 86.1 Å². The summed E-state index contributed by atoms with van der Waals surface area (Å²) in [5.74, 6) is 0.288. The Morgan fingerprint density at radius 3 is 2.61 bits per heavy atom. The summed E-state index contributed by atoms with van der Waals surface area (Å²) in [4.78, 5) is 25.8. The van der Waals surface area contributed by atoms with Gasteiger partial charge in [0.2, 0.25) is 5.91 Å². The Hall–Kier alpha value is -2.36. The number of thioether (sulfide) groups is 1. The summed E-state index contributed by atoms with van der Waals surface area (Å²) in [5, 5.41) is 13.1. The van der Waals surface area contributed by atoms with E-state index in [-0.39, 0.29) is 18.3 Å². The van der Waals surface area contributed by atoms with Gasteiger partial charge in [-0.3, -0.25) is 4.79 Å². The molecule has 0 aliphatic heterocycles. The van der Waals surface area contributed by atoms with Crippen molar-refractivity contribution < 1.29 is 14.3 Å². The molecule has 164 valence electrons. The van der Waals surface area contributed by atoms with Crippen molar-refractivity contribution in [3.8, 4) is 0 Å². The van der Waals surface area contributed by atoms with E-state index in [1.165, 1.54) is 23.1 Å². The number of thiophene rings is 1. The molecule has 0 spiro atoms. The van der Waals surface area contributed by atoms with Crippen molar-refractivity contribution in [3.63, 3.8) is 0 Å². The molecular weight excluding hydrogens is 456 g/mol. The van der Waals surface area contributed by atoms with Gasteiger partial charge >= 0.3 is 5.97 Å². The van der Waals surface area contributed by atoms with Crippen molar-refractivity contribution in [2.45, 2.75) is 32.3 Å². The lowest BCUT2D eigenvalue weighted by atomic mass is 10.1. The monoisotopic (exact) mass is 478 g/mol. The summed E-state index contributed by atoms with van der Waals surface area (Å²) in [7, 11) is 1.87. The van der Waals surface area contributed by atoms with Crippen LogP contribution in [0.2, 0.25) is 5.02 Å². The van der Waals surface area contributed by atoms with Crippen LogP contribution >= 0.6 is 34.7 Å². The first-order chi connectivity index (χ1) is 14.8. The number of carbonyl (C=O) groups is 2. The minimum Gasteiger partial charge on any atom is -0.462 e. The first-order valence-corrected chi connectivity index (χ1v) is 11.8. The number of aryl methyl sites for hydroxylation is 1. The zero-order valence-corrected chi connectivity index (χ0v) is 20.1. The van der Waals surface area contributed by atoms with Crippen LogP contribution in [0.15, 0.2) is 29.4 Å². The smallest absolute Gasteiger partial charge is 0.341 e. The number of benzene rings is 1. The first-order valence-electron chi connectivity index (χ1n) is 9.62. The number of anilines is 1. The zero-order chi connectivity index (χ0) is 22.5. The van der Waals surface area contributed by atoms with Crippen LogP contribution in [0.1, 0.15) is 39.1 Å². The van der Waals surface area contributed by atoms with Gasteiger partial charge in [0.05, 0.1) is 17.9 Å². The summed E-state index contributed by atoms with van der Waals surface area (Å²) < 4.78 is 7.00. The first kappa shape index (κ1) is 23.3. The normalized spacial score (nSPS) is 10.9. The highest BCUT2D eigenvalue weighted by Gasteiger charge is 2.22. The fourth-order valence-electron chi connectivity index (χ4n) is 2.87. The van der Waals surface area contributed by atoms with Gasteiger partial charge in [-0.25, -0.2) is 4.79 Å². The second kappa shape index (κ2) is 10.3. The van der Waals surface area contributed by atoms with E-state index in [4.69, 9.17) is 16.3 Å². The van der Waals surface area contributed by atoms with Crippen LogP contribution in [0, 0.1) is 13.8 Å². The Morgan fingerprint density at radius 1 is 1.23 bits per heavy atom. The highest BCUT2D eigenvalue weighted by Crippen LogP contribution is 2.33. The number of esters is 1. The highest BCUT2D eigenvalue weighted by molar-refractivity contribution is 7.99. The highest BCUT2D eigenvalue weighted by atomic mass is 35.5. The van der Waals surface area contributed by atoms with Gasteiger partial charge in [-0.1, -0.05) is 35.5 Å². The molecule has 10 heteroatoms. The molecule has 0 aliphatic carbocycles. The van der Waals surface area contributed by atoms with Crippen LogP contribution in [-0.4, -0.2) is 39.0 Å². The van der Waals surface area contributed by atoms with E-state index in [1.807, 2.05) is 49.7 Å². The van der Waals surface area contributed by atoms with Gasteiger partial charge in [0.15, 0.2) is 5.16 Å². The number of hydrogen-bond donors (Lipinski definition) is 1. The van der Waals surface area contributed by atoms with Gasteiger partial charge in [0.25, 0.3) is 0 Å². The number of nitrogens with one attached hydrogen (secondary N) is 1. The average molecular weight is 479 g/mol. The molecule has 0 atom stereocenters. The molecular formula is C21H23ClN4O3S2. The molecule has 0 saturated heterocycles. The maximum Gasteiger partial charge on any atom is 0.341 e. The number of carbonyl (C=O) groups excluding carboxylic acids is 2. The third kappa shape index (κ3) is 5.66. The maximum atomic E-state index is 12.5. The molecule has 0 saturated carbocycles. The lowest BCUT2D eigenvalue weighted by Crippen LogP contribution is -2.16. The molecule has 0 bridgehead atoms. The maximum absolute atomic E-state index is 12.5. The van der Waals surface area contributed by atoms with E-state index >= 15 is 0 Å². The predicted molar refractivity (Wildman–Crippen MR) is 124 cm³/mol.